The predicted octanol–water partition coefficient (Wildman–Crippen LogP) is 2.06. The molecule has 3 unspecified atom stereocenters. The Bertz CT molecular complexity index is 313. The molecular formula is C12H19NOS. The van der Waals surface area contributed by atoms with E-state index in [1.165, 1.54) is 0 Å². The van der Waals surface area contributed by atoms with Gasteiger partial charge in [0.05, 0.1) is 0 Å². The second-order valence-corrected chi connectivity index (χ2v) is 5.58. The molecule has 84 valence electrons. The van der Waals surface area contributed by atoms with Crippen LogP contribution in [0.25, 0.3) is 0 Å². The largest absolute Gasteiger partial charge is 0.327 e. The Morgan fingerprint density at radius 3 is 2.47 bits per heavy atom. The molecule has 15 heavy (non-hydrogen) atoms. The molecule has 0 aliphatic carbocycles. The van der Waals surface area contributed by atoms with E-state index in [1.807, 2.05) is 44.2 Å². The highest BCUT2D eigenvalue weighted by Crippen LogP contribution is 2.10. The van der Waals surface area contributed by atoms with Crippen LogP contribution in [0, 0.1) is 0 Å². The topological polar surface area (TPSA) is 43.1 Å². The van der Waals surface area contributed by atoms with Gasteiger partial charge in [-0.3, -0.25) is 4.21 Å². The first-order valence-electron chi connectivity index (χ1n) is 5.31. The summed E-state index contributed by atoms with van der Waals surface area (Å²) in [7, 11) is -0.871. The molecule has 0 fully saturated rings. The number of rotatable bonds is 5. The van der Waals surface area contributed by atoms with Gasteiger partial charge in [-0.15, -0.1) is 0 Å². The third-order valence-electron chi connectivity index (χ3n) is 2.64. The van der Waals surface area contributed by atoms with Gasteiger partial charge in [-0.05, 0) is 18.9 Å². The summed E-state index contributed by atoms with van der Waals surface area (Å²) in [6.07, 6.45) is 0.877. The molecule has 0 bridgehead atoms. The van der Waals surface area contributed by atoms with Gasteiger partial charge in [-0.25, -0.2) is 0 Å². The standard InChI is InChI=1S/C12H19NOS/c1-3-12(13)10(2)15(14)9-11-7-5-4-6-8-11/h4-8,10,12H,3,9,13H2,1-2H3. The zero-order valence-electron chi connectivity index (χ0n) is 9.35. The molecule has 1 rings (SSSR count). The van der Waals surface area contributed by atoms with Gasteiger partial charge >= 0.3 is 0 Å². The van der Waals surface area contributed by atoms with E-state index in [1.54, 1.807) is 0 Å². The maximum Gasteiger partial charge on any atom is 0.0488 e. The van der Waals surface area contributed by atoms with Crippen molar-refractivity contribution >= 4 is 10.8 Å². The van der Waals surface area contributed by atoms with Crippen molar-refractivity contribution in [1.29, 1.82) is 0 Å². The van der Waals surface area contributed by atoms with Crippen LogP contribution in [0.2, 0.25) is 0 Å². The Morgan fingerprint density at radius 2 is 1.93 bits per heavy atom. The lowest BCUT2D eigenvalue weighted by Crippen LogP contribution is -2.35. The van der Waals surface area contributed by atoms with Gasteiger partial charge in [0.25, 0.3) is 0 Å². The van der Waals surface area contributed by atoms with E-state index in [9.17, 15) is 4.21 Å². The Hall–Kier alpha value is -0.670. The van der Waals surface area contributed by atoms with Gasteiger partial charge < -0.3 is 5.73 Å². The number of nitrogens with two attached hydrogens (primary N) is 1. The molecule has 0 saturated heterocycles. The average molecular weight is 225 g/mol. The molecule has 0 heterocycles. The zero-order valence-corrected chi connectivity index (χ0v) is 10.2. The Balaban J connectivity index is 2.56. The maximum absolute atomic E-state index is 11.9. The smallest absolute Gasteiger partial charge is 0.0488 e. The quantitative estimate of drug-likeness (QED) is 0.833. The molecule has 0 amide bonds. The van der Waals surface area contributed by atoms with Crippen molar-refractivity contribution in [2.75, 3.05) is 0 Å². The van der Waals surface area contributed by atoms with Crippen LogP contribution >= 0.6 is 0 Å². The van der Waals surface area contributed by atoms with E-state index in [0.717, 1.165) is 12.0 Å². The number of hydrogen-bond acceptors (Lipinski definition) is 2. The highest BCUT2D eigenvalue weighted by atomic mass is 32.2. The van der Waals surface area contributed by atoms with E-state index in [0.29, 0.717) is 5.75 Å². The lowest BCUT2D eigenvalue weighted by atomic mass is 10.2. The van der Waals surface area contributed by atoms with Crippen LogP contribution in [0.3, 0.4) is 0 Å². The summed E-state index contributed by atoms with van der Waals surface area (Å²) < 4.78 is 11.9. The fraction of sp³-hybridized carbons (Fsp3) is 0.500. The molecule has 0 radical (unpaired) electrons. The molecule has 3 heteroatoms. The summed E-state index contributed by atoms with van der Waals surface area (Å²) in [5.74, 6) is 0.607. The minimum Gasteiger partial charge on any atom is -0.327 e. The van der Waals surface area contributed by atoms with Gasteiger partial charge in [0.1, 0.15) is 0 Å². The second-order valence-electron chi connectivity index (χ2n) is 3.79. The van der Waals surface area contributed by atoms with Crippen molar-refractivity contribution in [2.24, 2.45) is 5.73 Å². The highest BCUT2D eigenvalue weighted by Gasteiger charge is 2.17. The summed E-state index contributed by atoms with van der Waals surface area (Å²) in [5.41, 5.74) is 6.99. The van der Waals surface area contributed by atoms with Crippen molar-refractivity contribution in [3.63, 3.8) is 0 Å². The van der Waals surface area contributed by atoms with Gasteiger partial charge in [0.15, 0.2) is 0 Å². The summed E-state index contributed by atoms with van der Waals surface area (Å²) >= 11 is 0. The third kappa shape index (κ3) is 3.76. The zero-order chi connectivity index (χ0) is 11.3. The first-order valence-corrected chi connectivity index (χ1v) is 6.70. The van der Waals surface area contributed by atoms with Crippen LogP contribution in [0.15, 0.2) is 30.3 Å². The molecule has 0 saturated carbocycles. The lowest BCUT2D eigenvalue weighted by Gasteiger charge is -2.17. The Kier molecular flexibility index (Phi) is 4.99. The molecule has 2 N–H and O–H groups in total. The molecule has 3 atom stereocenters. The van der Waals surface area contributed by atoms with Crippen LogP contribution < -0.4 is 5.73 Å². The normalized spacial score (nSPS) is 17.0. The monoisotopic (exact) mass is 225 g/mol. The van der Waals surface area contributed by atoms with E-state index in [-0.39, 0.29) is 11.3 Å². The van der Waals surface area contributed by atoms with E-state index in [2.05, 4.69) is 0 Å². The molecule has 1 aromatic rings. The van der Waals surface area contributed by atoms with Crippen molar-refractivity contribution < 1.29 is 4.21 Å². The van der Waals surface area contributed by atoms with Gasteiger partial charge in [0.2, 0.25) is 0 Å². The van der Waals surface area contributed by atoms with Gasteiger partial charge in [-0.1, -0.05) is 37.3 Å². The first kappa shape index (κ1) is 12.4. The van der Waals surface area contributed by atoms with Crippen molar-refractivity contribution in [1.82, 2.24) is 0 Å². The predicted molar refractivity (Wildman–Crippen MR) is 66.0 cm³/mol. The summed E-state index contributed by atoms with van der Waals surface area (Å²) in [4.78, 5) is 0. The van der Waals surface area contributed by atoms with Gasteiger partial charge in [0, 0.05) is 27.8 Å². The first-order chi connectivity index (χ1) is 7.15. The lowest BCUT2D eigenvalue weighted by molar-refractivity contribution is 0.610. The third-order valence-corrected chi connectivity index (χ3v) is 4.44. The number of benzene rings is 1. The van der Waals surface area contributed by atoms with Crippen molar-refractivity contribution in [3.05, 3.63) is 35.9 Å². The Morgan fingerprint density at radius 1 is 1.33 bits per heavy atom. The molecule has 0 spiro atoms. The SMILES string of the molecule is CCC(N)C(C)S(=O)Cc1ccccc1. The molecular weight excluding hydrogens is 206 g/mol. The van der Waals surface area contributed by atoms with Crippen LogP contribution in [0.4, 0.5) is 0 Å². The summed E-state index contributed by atoms with van der Waals surface area (Å²) in [6, 6.07) is 9.95. The van der Waals surface area contributed by atoms with Crippen LogP contribution in [0.5, 0.6) is 0 Å². The minimum absolute atomic E-state index is 0.0366. The van der Waals surface area contributed by atoms with Crippen LogP contribution in [-0.2, 0) is 16.6 Å². The number of hydrogen-bond donors (Lipinski definition) is 1. The fourth-order valence-electron chi connectivity index (χ4n) is 1.40. The average Bonchev–Trinajstić information content (AvgIpc) is 2.28. The molecule has 0 aliphatic rings. The highest BCUT2D eigenvalue weighted by molar-refractivity contribution is 7.84. The van der Waals surface area contributed by atoms with E-state index in [4.69, 9.17) is 5.73 Å². The van der Waals surface area contributed by atoms with Crippen LogP contribution in [0.1, 0.15) is 25.8 Å². The van der Waals surface area contributed by atoms with Crippen LogP contribution in [-0.4, -0.2) is 15.5 Å². The molecule has 0 aliphatic heterocycles. The molecule has 1 aromatic carbocycles. The van der Waals surface area contributed by atoms with Crippen molar-refractivity contribution in [2.45, 2.75) is 37.3 Å². The van der Waals surface area contributed by atoms with Crippen molar-refractivity contribution in [3.8, 4) is 0 Å². The molecule has 0 aromatic heterocycles. The summed E-state index contributed by atoms with van der Waals surface area (Å²) in [6.45, 7) is 3.99. The fourth-order valence-corrected chi connectivity index (χ4v) is 2.76. The van der Waals surface area contributed by atoms with Gasteiger partial charge in [-0.2, -0.15) is 0 Å². The Labute approximate surface area is 94.3 Å². The summed E-state index contributed by atoms with van der Waals surface area (Å²) in [5, 5.41) is 0.0650. The second kappa shape index (κ2) is 6.03. The van der Waals surface area contributed by atoms with E-state index >= 15 is 0 Å². The maximum atomic E-state index is 11.9. The minimum atomic E-state index is -0.871. The van der Waals surface area contributed by atoms with E-state index < -0.39 is 10.8 Å². The molecule has 2 nitrogen and oxygen atoms in total.